The van der Waals surface area contributed by atoms with E-state index in [1.165, 1.54) is 11.9 Å². The molecule has 0 heterocycles. The van der Waals surface area contributed by atoms with Gasteiger partial charge in [-0.25, -0.2) is 8.42 Å². The van der Waals surface area contributed by atoms with E-state index in [9.17, 15) is 18.0 Å². The molecule has 0 aliphatic carbocycles. The standard InChI is InChI=1S/C27H29Cl2N3O4S/c1-19-23(29)10-7-11-24(19)32(37(3,35)36)18-26(33)31(17-21-12-14-22(28)15-13-21)25(27(34)30-2)16-20-8-5-4-6-9-20/h4-15,25H,16-18H2,1-3H3,(H,30,34)/t25-/m1/s1. The molecule has 0 bridgehead atoms. The average molecular weight is 563 g/mol. The monoisotopic (exact) mass is 561 g/mol. The highest BCUT2D eigenvalue weighted by Gasteiger charge is 2.33. The molecule has 0 saturated heterocycles. The molecule has 0 spiro atoms. The fraction of sp³-hybridized carbons (Fsp3) is 0.259. The van der Waals surface area contributed by atoms with E-state index in [4.69, 9.17) is 23.2 Å². The minimum absolute atomic E-state index is 0.0764. The second-order valence-corrected chi connectivity index (χ2v) is 11.4. The number of sulfonamides is 1. The minimum Gasteiger partial charge on any atom is -0.357 e. The van der Waals surface area contributed by atoms with E-state index < -0.39 is 28.5 Å². The first-order valence-corrected chi connectivity index (χ1v) is 14.1. The summed E-state index contributed by atoms with van der Waals surface area (Å²) in [4.78, 5) is 28.4. The maximum Gasteiger partial charge on any atom is 0.244 e. The predicted octanol–water partition coefficient (Wildman–Crippen LogP) is 4.45. The Morgan fingerprint density at radius 2 is 1.57 bits per heavy atom. The zero-order chi connectivity index (χ0) is 27.2. The molecule has 3 aromatic rings. The summed E-state index contributed by atoms with van der Waals surface area (Å²) in [5.41, 5.74) is 2.42. The SMILES string of the molecule is CNC(=O)[C@@H](Cc1ccccc1)N(Cc1ccc(Cl)cc1)C(=O)CN(c1cccc(Cl)c1C)S(C)(=O)=O. The highest BCUT2D eigenvalue weighted by molar-refractivity contribution is 7.92. The number of hydrogen-bond acceptors (Lipinski definition) is 4. The van der Waals surface area contributed by atoms with E-state index in [0.717, 1.165) is 21.7 Å². The number of carbonyl (C=O) groups is 2. The van der Waals surface area contributed by atoms with Crippen LogP contribution in [0.4, 0.5) is 5.69 Å². The Bertz CT molecular complexity index is 1350. The maximum atomic E-state index is 13.9. The summed E-state index contributed by atoms with van der Waals surface area (Å²) in [6, 6.07) is 20.2. The molecular weight excluding hydrogens is 533 g/mol. The Morgan fingerprint density at radius 3 is 2.16 bits per heavy atom. The number of hydrogen-bond donors (Lipinski definition) is 1. The van der Waals surface area contributed by atoms with E-state index in [0.29, 0.717) is 21.3 Å². The van der Waals surface area contributed by atoms with Crippen molar-refractivity contribution in [3.05, 3.63) is 99.5 Å². The fourth-order valence-corrected chi connectivity index (χ4v) is 5.16. The van der Waals surface area contributed by atoms with Crippen LogP contribution in [-0.4, -0.2) is 51.0 Å². The highest BCUT2D eigenvalue weighted by Crippen LogP contribution is 2.28. The predicted molar refractivity (Wildman–Crippen MR) is 148 cm³/mol. The van der Waals surface area contributed by atoms with Gasteiger partial charge >= 0.3 is 0 Å². The highest BCUT2D eigenvalue weighted by atomic mass is 35.5. The number of anilines is 1. The third-order valence-electron chi connectivity index (χ3n) is 5.97. The van der Waals surface area contributed by atoms with Gasteiger partial charge in [-0.1, -0.05) is 71.7 Å². The van der Waals surface area contributed by atoms with Gasteiger partial charge in [-0.2, -0.15) is 0 Å². The number of likely N-dealkylation sites (N-methyl/N-ethyl adjacent to an activating group) is 1. The first-order chi connectivity index (χ1) is 17.5. The van der Waals surface area contributed by atoms with Crippen LogP contribution in [0, 0.1) is 6.92 Å². The van der Waals surface area contributed by atoms with Gasteiger partial charge in [-0.05, 0) is 47.9 Å². The number of benzene rings is 3. The van der Waals surface area contributed by atoms with Gasteiger partial charge in [0.15, 0.2) is 0 Å². The van der Waals surface area contributed by atoms with Crippen molar-refractivity contribution in [2.45, 2.75) is 25.9 Å². The van der Waals surface area contributed by atoms with Crippen LogP contribution in [0.5, 0.6) is 0 Å². The first kappa shape index (κ1) is 28.5. The van der Waals surface area contributed by atoms with Crippen molar-refractivity contribution in [1.82, 2.24) is 10.2 Å². The number of carbonyl (C=O) groups excluding carboxylic acids is 2. The molecule has 0 aliphatic rings. The zero-order valence-corrected chi connectivity index (χ0v) is 23.1. The number of halogens is 2. The van der Waals surface area contributed by atoms with Gasteiger partial charge in [-0.15, -0.1) is 0 Å². The molecule has 3 rings (SSSR count). The quantitative estimate of drug-likeness (QED) is 0.396. The number of rotatable bonds is 10. The van der Waals surface area contributed by atoms with Crippen LogP contribution >= 0.6 is 23.2 Å². The lowest BCUT2D eigenvalue weighted by Crippen LogP contribution is -2.53. The largest absolute Gasteiger partial charge is 0.357 e. The number of amides is 2. The Morgan fingerprint density at radius 1 is 0.919 bits per heavy atom. The van der Waals surface area contributed by atoms with Crippen LogP contribution in [0.25, 0.3) is 0 Å². The van der Waals surface area contributed by atoms with Crippen molar-refractivity contribution in [2.24, 2.45) is 0 Å². The molecule has 1 atom stereocenters. The Labute approximate surface area is 228 Å². The lowest BCUT2D eigenvalue weighted by atomic mass is 10.0. The number of nitrogens with one attached hydrogen (secondary N) is 1. The van der Waals surface area contributed by atoms with Crippen LogP contribution in [0.1, 0.15) is 16.7 Å². The van der Waals surface area contributed by atoms with E-state index in [1.54, 1.807) is 49.4 Å². The Kier molecular flexibility index (Phi) is 9.59. The Balaban J connectivity index is 2.05. The van der Waals surface area contributed by atoms with Crippen LogP contribution in [0.2, 0.25) is 10.0 Å². The molecule has 10 heteroatoms. The summed E-state index contributed by atoms with van der Waals surface area (Å²) in [6.07, 6.45) is 1.28. The van der Waals surface area contributed by atoms with Crippen LogP contribution in [-0.2, 0) is 32.6 Å². The summed E-state index contributed by atoms with van der Waals surface area (Å²) < 4.78 is 26.7. The van der Waals surface area contributed by atoms with Crippen molar-refractivity contribution in [2.75, 3.05) is 24.2 Å². The molecule has 0 fully saturated rings. The second-order valence-electron chi connectivity index (χ2n) is 8.62. The first-order valence-electron chi connectivity index (χ1n) is 11.5. The molecule has 0 aromatic heterocycles. The maximum absolute atomic E-state index is 13.9. The van der Waals surface area contributed by atoms with E-state index in [-0.39, 0.29) is 18.9 Å². The van der Waals surface area contributed by atoms with Gasteiger partial charge in [0.1, 0.15) is 12.6 Å². The third-order valence-corrected chi connectivity index (χ3v) is 7.76. The van der Waals surface area contributed by atoms with Crippen molar-refractivity contribution >= 4 is 50.7 Å². The summed E-state index contributed by atoms with van der Waals surface area (Å²) in [6.45, 7) is 1.26. The van der Waals surface area contributed by atoms with Crippen LogP contribution < -0.4 is 9.62 Å². The topological polar surface area (TPSA) is 86.8 Å². The molecular formula is C27H29Cl2N3O4S. The van der Waals surface area contributed by atoms with E-state index in [1.807, 2.05) is 30.3 Å². The average Bonchev–Trinajstić information content (AvgIpc) is 2.87. The lowest BCUT2D eigenvalue weighted by Gasteiger charge is -2.33. The fourth-order valence-electron chi connectivity index (χ4n) is 3.97. The normalized spacial score (nSPS) is 12.0. The van der Waals surface area contributed by atoms with Gasteiger partial charge < -0.3 is 10.2 Å². The van der Waals surface area contributed by atoms with Crippen molar-refractivity contribution in [3.8, 4) is 0 Å². The molecule has 0 aliphatic heterocycles. The van der Waals surface area contributed by atoms with Gasteiger partial charge in [0.05, 0.1) is 11.9 Å². The molecule has 37 heavy (non-hydrogen) atoms. The molecule has 2 amide bonds. The third kappa shape index (κ3) is 7.47. The second kappa shape index (κ2) is 12.4. The van der Waals surface area contributed by atoms with E-state index >= 15 is 0 Å². The summed E-state index contributed by atoms with van der Waals surface area (Å²) in [5, 5.41) is 3.56. The molecule has 0 saturated carbocycles. The molecule has 3 aromatic carbocycles. The van der Waals surface area contributed by atoms with E-state index in [2.05, 4.69) is 5.32 Å². The van der Waals surface area contributed by atoms with Gasteiger partial charge in [0, 0.05) is 30.1 Å². The van der Waals surface area contributed by atoms with Crippen molar-refractivity contribution in [1.29, 1.82) is 0 Å². The lowest BCUT2D eigenvalue weighted by molar-refractivity contribution is -0.139. The molecule has 0 radical (unpaired) electrons. The summed E-state index contributed by atoms with van der Waals surface area (Å²) in [7, 11) is -2.36. The Hall–Kier alpha value is -3.07. The molecule has 1 N–H and O–H groups in total. The molecule has 0 unspecified atom stereocenters. The van der Waals surface area contributed by atoms with Crippen molar-refractivity contribution in [3.63, 3.8) is 0 Å². The van der Waals surface area contributed by atoms with Crippen molar-refractivity contribution < 1.29 is 18.0 Å². The van der Waals surface area contributed by atoms with Gasteiger partial charge in [0.2, 0.25) is 21.8 Å². The van der Waals surface area contributed by atoms with Gasteiger partial charge in [0.25, 0.3) is 0 Å². The van der Waals surface area contributed by atoms with Gasteiger partial charge in [-0.3, -0.25) is 13.9 Å². The molecule has 7 nitrogen and oxygen atoms in total. The molecule has 196 valence electrons. The van der Waals surface area contributed by atoms with Crippen LogP contribution in [0.3, 0.4) is 0 Å². The van der Waals surface area contributed by atoms with Crippen LogP contribution in [0.15, 0.2) is 72.8 Å². The minimum atomic E-state index is -3.87. The summed E-state index contributed by atoms with van der Waals surface area (Å²) in [5.74, 6) is -0.903. The number of nitrogens with zero attached hydrogens (tertiary/aromatic N) is 2. The zero-order valence-electron chi connectivity index (χ0n) is 20.8. The summed E-state index contributed by atoms with van der Waals surface area (Å²) >= 11 is 12.3. The smallest absolute Gasteiger partial charge is 0.244 e.